The molecule has 2 aromatic rings. The second kappa shape index (κ2) is 7.75. The molecule has 0 bridgehead atoms. The van der Waals surface area contributed by atoms with Crippen LogP contribution in [0.1, 0.15) is 41.2 Å². The number of carbonyl (C=O) groups excluding carboxylic acids is 1. The van der Waals surface area contributed by atoms with Crippen LogP contribution >= 0.6 is 0 Å². The number of nitrogens with one attached hydrogen (secondary N) is 2. The van der Waals surface area contributed by atoms with Crippen molar-refractivity contribution in [2.24, 2.45) is 5.92 Å². The van der Waals surface area contributed by atoms with Crippen LogP contribution in [0, 0.1) is 12.8 Å². The molecule has 5 heteroatoms. The summed E-state index contributed by atoms with van der Waals surface area (Å²) in [6, 6.07) is 9.73. The molecule has 0 fully saturated rings. The maximum Gasteiger partial charge on any atom is 0.273 e. The summed E-state index contributed by atoms with van der Waals surface area (Å²) in [4.78, 5) is 12.0. The Bertz CT molecular complexity index is 603. The first-order valence-corrected chi connectivity index (χ1v) is 7.54. The first-order valence-electron chi connectivity index (χ1n) is 7.54. The summed E-state index contributed by atoms with van der Waals surface area (Å²) in [5, 5.41) is 9.90. The van der Waals surface area contributed by atoms with Crippen LogP contribution in [0.2, 0.25) is 0 Å². The molecule has 2 N–H and O–H groups in total. The van der Waals surface area contributed by atoms with E-state index in [0.717, 1.165) is 12.1 Å². The van der Waals surface area contributed by atoms with Gasteiger partial charge in [-0.2, -0.15) is 0 Å². The standard InChI is InChI=1S/C17H23N3O2/c1-12(2)9-18-11-15-8-16(20-22-15)17(21)19-10-14-6-4-13(3)5-7-14/h4-8,12,18H,9-11H2,1-3H3,(H,19,21). The van der Waals surface area contributed by atoms with E-state index >= 15 is 0 Å². The predicted molar refractivity (Wildman–Crippen MR) is 85.4 cm³/mol. The molecule has 22 heavy (non-hydrogen) atoms. The van der Waals surface area contributed by atoms with Crippen molar-refractivity contribution in [1.29, 1.82) is 0 Å². The van der Waals surface area contributed by atoms with Gasteiger partial charge >= 0.3 is 0 Å². The smallest absolute Gasteiger partial charge is 0.273 e. The Morgan fingerprint density at radius 2 is 1.95 bits per heavy atom. The van der Waals surface area contributed by atoms with Gasteiger partial charge in [0.05, 0.1) is 6.54 Å². The van der Waals surface area contributed by atoms with Crippen molar-refractivity contribution in [3.63, 3.8) is 0 Å². The van der Waals surface area contributed by atoms with Gasteiger partial charge in [0, 0.05) is 12.6 Å². The van der Waals surface area contributed by atoms with Crippen LogP contribution in [0.3, 0.4) is 0 Å². The number of aromatic nitrogens is 1. The topological polar surface area (TPSA) is 67.2 Å². The van der Waals surface area contributed by atoms with Gasteiger partial charge in [0.25, 0.3) is 5.91 Å². The van der Waals surface area contributed by atoms with E-state index in [-0.39, 0.29) is 5.91 Å². The van der Waals surface area contributed by atoms with E-state index in [0.29, 0.717) is 30.5 Å². The van der Waals surface area contributed by atoms with E-state index in [1.54, 1.807) is 6.07 Å². The molecule has 1 aromatic carbocycles. The maximum absolute atomic E-state index is 12.0. The van der Waals surface area contributed by atoms with E-state index < -0.39 is 0 Å². The SMILES string of the molecule is Cc1ccc(CNC(=O)c2cc(CNCC(C)C)on2)cc1. The fourth-order valence-corrected chi connectivity index (χ4v) is 1.97. The van der Waals surface area contributed by atoms with E-state index in [2.05, 4.69) is 29.6 Å². The summed E-state index contributed by atoms with van der Waals surface area (Å²) in [6.45, 7) is 8.26. The van der Waals surface area contributed by atoms with Gasteiger partial charge in [-0.3, -0.25) is 4.79 Å². The first-order chi connectivity index (χ1) is 10.5. The quantitative estimate of drug-likeness (QED) is 0.825. The van der Waals surface area contributed by atoms with Crippen LogP contribution < -0.4 is 10.6 Å². The fourth-order valence-electron chi connectivity index (χ4n) is 1.97. The molecule has 0 unspecified atom stereocenters. The average molecular weight is 301 g/mol. The van der Waals surface area contributed by atoms with Crippen molar-refractivity contribution in [2.45, 2.75) is 33.9 Å². The predicted octanol–water partition coefficient (Wildman–Crippen LogP) is 2.66. The van der Waals surface area contributed by atoms with Crippen molar-refractivity contribution < 1.29 is 9.32 Å². The lowest BCUT2D eigenvalue weighted by Crippen LogP contribution is -2.23. The van der Waals surface area contributed by atoms with Crippen molar-refractivity contribution in [3.05, 3.63) is 52.9 Å². The molecule has 0 aliphatic rings. The summed E-state index contributed by atoms with van der Waals surface area (Å²) in [6.07, 6.45) is 0. The van der Waals surface area contributed by atoms with Crippen LogP contribution in [-0.2, 0) is 13.1 Å². The number of rotatable bonds is 7. The molecule has 1 heterocycles. The molecule has 1 amide bonds. The van der Waals surface area contributed by atoms with Crippen LogP contribution in [-0.4, -0.2) is 17.6 Å². The van der Waals surface area contributed by atoms with Crippen LogP contribution in [0.25, 0.3) is 0 Å². The van der Waals surface area contributed by atoms with Gasteiger partial charge in [-0.05, 0) is 24.9 Å². The second-order valence-electron chi connectivity index (χ2n) is 5.87. The van der Waals surface area contributed by atoms with Gasteiger partial charge in [-0.25, -0.2) is 0 Å². The molecule has 0 spiro atoms. The Hall–Kier alpha value is -2.14. The third kappa shape index (κ3) is 5.00. The minimum atomic E-state index is -0.223. The van der Waals surface area contributed by atoms with Gasteiger partial charge in [0.15, 0.2) is 11.5 Å². The monoisotopic (exact) mass is 301 g/mol. The van der Waals surface area contributed by atoms with Crippen LogP contribution in [0.4, 0.5) is 0 Å². The van der Waals surface area contributed by atoms with Crippen LogP contribution in [0.15, 0.2) is 34.9 Å². The Balaban J connectivity index is 1.82. The number of hydrogen-bond donors (Lipinski definition) is 2. The average Bonchev–Trinajstić information content (AvgIpc) is 2.95. The van der Waals surface area contributed by atoms with Gasteiger partial charge < -0.3 is 15.2 Å². The lowest BCUT2D eigenvalue weighted by atomic mass is 10.1. The lowest BCUT2D eigenvalue weighted by molar-refractivity contribution is 0.0941. The highest BCUT2D eigenvalue weighted by molar-refractivity contribution is 5.92. The van der Waals surface area contributed by atoms with E-state index in [4.69, 9.17) is 4.52 Å². The molecule has 5 nitrogen and oxygen atoms in total. The number of aryl methyl sites for hydroxylation is 1. The van der Waals surface area contributed by atoms with E-state index in [1.807, 2.05) is 31.2 Å². The highest BCUT2D eigenvalue weighted by atomic mass is 16.5. The second-order valence-corrected chi connectivity index (χ2v) is 5.87. The summed E-state index contributed by atoms with van der Waals surface area (Å²) in [5.41, 5.74) is 2.57. The Morgan fingerprint density at radius 3 is 2.64 bits per heavy atom. The number of carbonyl (C=O) groups is 1. The zero-order valence-electron chi connectivity index (χ0n) is 13.3. The molecule has 0 aliphatic heterocycles. The summed E-state index contributed by atoms with van der Waals surface area (Å²) in [5.74, 6) is 1.01. The van der Waals surface area contributed by atoms with Crippen molar-refractivity contribution in [1.82, 2.24) is 15.8 Å². The molecule has 118 valence electrons. The molecular weight excluding hydrogens is 278 g/mol. The Morgan fingerprint density at radius 1 is 1.23 bits per heavy atom. The highest BCUT2D eigenvalue weighted by Gasteiger charge is 2.12. The molecule has 1 aromatic heterocycles. The summed E-state index contributed by atoms with van der Waals surface area (Å²) in [7, 11) is 0. The highest BCUT2D eigenvalue weighted by Crippen LogP contribution is 2.06. The zero-order chi connectivity index (χ0) is 15.9. The van der Waals surface area contributed by atoms with Gasteiger partial charge in [0.1, 0.15) is 0 Å². The lowest BCUT2D eigenvalue weighted by Gasteiger charge is -2.04. The number of benzene rings is 1. The maximum atomic E-state index is 12.0. The van der Waals surface area contributed by atoms with Crippen LogP contribution in [0.5, 0.6) is 0 Å². The Labute approximate surface area is 131 Å². The van der Waals surface area contributed by atoms with Gasteiger partial charge in [-0.1, -0.05) is 48.8 Å². The molecule has 2 rings (SSSR count). The van der Waals surface area contributed by atoms with Gasteiger partial charge in [-0.15, -0.1) is 0 Å². The Kier molecular flexibility index (Phi) is 5.72. The van der Waals surface area contributed by atoms with E-state index in [9.17, 15) is 4.79 Å². The number of amides is 1. The van der Waals surface area contributed by atoms with Gasteiger partial charge in [0.2, 0.25) is 0 Å². The normalized spacial score (nSPS) is 10.9. The fraction of sp³-hybridized carbons (Fsp3) is 0.412. The molecule has 0 radical (unpaired) electrons. The summed E-state index contributed by atoms with van der Waals surface area (Å²) >= 11 is 0. The van der Waals surface area contributed by atoms with E-state index in [1.165, 1.54) is 5.56 Å². The molecule has 0 saturated carbocycles. The molecule has 0 atom stereocenters. The first kappa shape index (κ1) is 16.2. The third-order valence-electron chi connectivity index (χ3n) is 3.22. The minimum absolute atomic E-state index is 0.223. The summed E-state index contributed by atoms with van der Waals surface area (Å²) < 4.78 is 5.16. The third-order valence-corrected chi connectivity index (χ3v) is 3.22. The molecule has 0 saturated heterocycles. The number of hydrogen-bond acceptors (Lipinski definition) is 4. The van der Waals surface area contributed by atoms with Crippen molar-refractivity contribution in [3.8, 4) is 0 Å². The largest absolute Gasteiger partial charge is 0.359 e. The minimum Gasteiger partial charge on any atom is -0.359 e. The molecule has 0 aliphatic carbocycles. The molecular formula is C17H23N3O2. The zero-order valence-corrected chi connectivity index (χ0v) is 13.3. The van der Waals surface area contributed by atoms with Crippen molar-refractivity contribution in [2.75, 3.05) is 6.54 Å². The van der Waals surface area contributed by atoms with Crippen molar-refractivity contribution >= 4 is 5.91 Å². The number of nitrogens with zero attached hydrogens (tertiary/aromatic N) is 1.